The molecule has 1 amide bonds. The van der Waals surface area contributed by atoms with Crippen LogP contribution in [0, 0.1) is 0 Å². The standard InChI is InChI=1S/C12H20N4OS2/c1-12(5-4-6-18-12)7-14-10(17)8-9(13)15-11(19-8)16(2)3/h4-7,13H2,1-3H3,(H,14,17). The second-order valence-corrected chi connectivity index (χ2v) is 7.85. The summed E-state index contributed by atoms with van der Waals surface area (Å²) in [5.41, 5.74) is 5.80. The highest BCUT2D eigenvalue weighted by atomic mass is 32.2. The SMILES string of the molecule is CN(C)c1nc(N)c(C(=O)NCC2(C)CCCS2)s1. The number of nitrogens with zero attached hydrogens (tertiary/aromatic N) is 2. The van der Waals surface area contributed by atoms with E-state index >= 15 is 0 Å². The number of thioether (sulfide) groups is 1. The largest absolute Gasteiger partial charge is 0.382 e. The normalized spacial score (nSPS) is 22.5. The smallest absolute Gasteiger partial charge is 0.265 e. The molecular weight excluding hydrogens is 280 g/mol. The van der Waals surface area contributed by atoms with E-state index in [0.717, 1.165) is 11.6 Å². The Balaban J connectivity index is 2.00. The van der Waals surface area contributed by atoms with Gasteiger partial charge in [-0.2, -0.15) is 11.8 Å². The molecule has 1 aliphatic rings. The highest BCUT2D eigenvalue weighted by Crippen LogP contribution is 2.37. The molecule has 1 fully saturated rings. The van der Waals surface area contributed by atoms with Crippen LogP contribution in [0.5, 0.6) is 0 Å². The van der Waals surface area contributed by atoms with Crippen molar-refractivity contribution in [1.29, 1.82) is 0 Å². The first kappa shape index (κ1) is 14.5. The van der Waals surface area contributed by atoms with E-state index in [0.29, 0.717) is 17.2 Å². The molecule has 0 aliphatic carbocycles. The number of carbonyl (C=O) groups is 1. The van der Waals surface area contributed by atoms with Crippen molar-refractivity contribution in [3.63, 3.8) is 0 Å². The summed E-state index contributed by atoms with van der Waals surface area (Å²) in [5, 5.41) is 3.74. The van der Waals surface area contributed by atoms with Gasteiger partial charge in [-0.05, 0) is 25.5 Å². The third-order valence-electron chi connectivity index (χ3n) is 3.15. The van der Waals surface area contributed by atoms with E-state index in [9.17, 15) is 4.79 Å². The van der Waals surface area contributed by atoms with Gasteiger partial charge in [-0.3, -0.25) is 4.79 Å². The molecule has 1 aromatic rings. The third kappa shape index (κ3) is 3.33. The van der Waals surface area contributed by atoms with Crippen molar-refractivity contribution in [2.45, 2.75) is 24.5 Å². The van der Waals surface area contributed by atoms with Crippen LogP contribution in [0.2, 0.25) is 0 Å². The van der Waals surface area contributed by atoms with Crippen LogP contribution < -0.4 is 16.0 Å². The highest BCUT2D eigenvalue weighted by Gasteiger charge is 2.30. The molecular formula is C12H20N4OS2. The molecule has 2 rings (SSSR count). The monoisotopic (exact) mass is 300 g/mol. The fourth-order valence-electron chi connectivity index (χ4n) is 2.00. The zero-order valence-electron chi connectivity index (χ0n) is 11.5. The molecule has 19 heavy (non-hydrogen) atoms. The van der Waals surface area contributed by atoms with E-state index in [1.54, 1.807) is 0 Å². The molecule has 1 atom stereocenters. The molecule has 2 heterocycles. The molecule has 5 nitrogen and oxygen atoms in total. The van der Waals surface area contributed by atoms with E-state index in [-0.39, 0.29) is 10.7 Å². The number of rotatable bonds is 4. The lowest BCUT2D eigenvalue weighted by molar-refractivity contribution is 0.0954. The predicted octanol–water partition coefficient (Wildman–Crippen LogP) is 1.81. The average molecular weight is 300 g/mol. The topological polar surface area (TPSA) is 71.2 Å². The number of aromatic nitrogens is 1. The van der Waals surface area contributed by atoms with Crippen molar-refractivity contribution >= 4 is 40.0 Å². The Kier molecular flexibility index (Phi) is 4.25. The Morgan fingerprint density at radius 2 is 2.32 bits per heavy atom. The molecule has 3 N–H and O–H groups in total. The molecule has 0 aromatic carbocycles. The van der Waals surface area contributed by atoms with Crippen molar-refractivity contribution in [2.24, 2.45) is 0 Å². The summed E-state index contributed by atoms with van der Waals surface area (Å²) in [6, 6.07) is 0. The van der Waals surface area contributed by atoms with Gasteiger partial charge in [-0.15, -0.1) is 0 Å². The maximum Gasteiger partial charge on any atom is 0.265 e. The lowest BCUT2D eigenvalue weighted by atomic mass is 10.1. The van der Waals surface area contributed by atoms with Crippen LogP contribution in [-0.2, 0) is 0 Å². The molecule has 7 heteroatoms. The number of amides is 1. The van der Waals surface area contributed by atoms with Crippen molar-refractivity contribution in [2.75, 3.05) is 37.0 Å². The molecule has 0 bridgehead atoms. The first-order valence-electron chi connectivity index (χ1n) is 6.27. The van der Waals surface area contributed by atoms with Crippen LogP contribution >= 0.6 is 23.1 Å². The number of nitrogens with one attached hydrogen (secondary N) is 1. The molecule has 0 spiro atoms. The van der Waals surface area contributed by atoms with Gasteiger partial charge >= 0.3 is 0 Å². The number of thiazole rings is 1. The van der Waals surface area contributed by atoms with Crippen molar-refractivity contribution in [1.82, 2.24) is 10.3 Å². The summed E-state index contributed by atoms with van der Waals surface area (Å²) in [6.07, 6.45) is 2.38. The number of hydrogen-bond donors (Lipinski definition) is 2. The summed E-state index contributed by atoms with van der Waals surface area (Å²) in [7, 11) is 3.77. The van der Waals surface area contributed by atoms with Crippen LogP contribution in [0.1, 0.15) is 29.4 Å². The van der Waals surface area contributed by atoms with Gasteiger partial charge in [0.2, 0.25) is 0 Å². The molecule has 0 saturated carbocycles. The van der Waals surface area contributed by atoms with Gasteiger partial charge in [-0.25, -0.2) is 4.98 Å². The molecule has 1 aliphatic heterocycles. The zero-order valence-corrected chi connectivity index (χ0v) is 13.2. The van der Waals surface area contributed by atoms with Crippen LogP contribution in [0.4, 0.5) is 10.9 Å². The van der Waals surface area contributed by atoms with Gasteiger partial charge in [0.1, 0.15) is 10.7 Å². The summed E-state index contributed by atoms with van der Waals surface area (Å²) in [5.74, 6) is 1.38. The van der Waals surface area contributed by atoms with Crippen molar-refractivity contribution < 1.29 is 4.79 Å². The minimum absolute atomic E-state index is 0.114. The predicted molar refractivity (Wildman–Crippen MR) is 83.3 cm³/mol. The number of anilines is 2. The first-order chi connectivity index (χ1) is 8.91. The summed E-state index contributed by atoms with van der Waals surface area (Å²) < 4.78 is 0.166. The minimum Gasteiger partial charge on any atom is -0.382 e. The number of hydrogen-bond acceptors (Lipinski definition) is 6. The average Bonchev–Trinajstić information content (AvgIpc) is 2.93. The van der Waals surface area contributed by atoms with Gasteiger partial charge in [-0.1, -0.05) is 11.3 Å². The maximum atomic E-state index is 12.2. The molecule has 1 aromatic heterocycles. The fourth-order valence-corrected chi connectivity index (χ4v) is 4.07. The molecule has 1 saturated heterocycles. The van der Waals surface area contributed by atoms with Crippen LogP contribution in [0.15, 0.2) is 0 Å². The van der Waals surface area contributed by atoms with Gasteiger partial charge in [0.25, 0.3) is 5.91 Å². The summed E-state index contributed by atoms with van der Waals surface area (Å²) in [6.45, 7) is 2.89. The van der Waals surface area contributed by atoms with E-state index < -0.39 is 0 Å². The van der Waals surface area contributed by atoms with Crippen molar-refractivity contribution in [3.05, 3.63) is 4.88 Å². The van der Waals surface area contributed by atoms with Gasteiger partial charge in [0.15, 0.2) is 5.13 Å². The highest BCUT2D eigenvalue weighted by molar-refractivity contribution is 8.00. The number of nitrogens with two attached hydrogens (primary N) is 1. The Morgan fingerprint density at radius 1 is 1.58 bits per heavy atom. The summed E-state index contributed by atoms with van der Waals surface area (Å²) in [4.78, 5) is 18.7. The lowest BCUT2D eigenvalue weighted by Gasteiger charge is -2.22. The number of nitrogen functional groups attached to an aromatic ring is 1. The van der Waals surface area contributed by atoms with Gasteiger partial charge in [0.05, 0.1) is 0 Å². The Hall–Kier alpha value is -0.950. The van der Waals surface area contributed by atoms with Gasteiger partial charge < -0.3 is 16.0 Å². The fraction of sp³-hybridized carbons (Fsp3) is 0.667. The molecule has 0 radical (unpaired) electrons. The molecule has 106 valence electrons. The van der Waals surface area contributed by atoms with Crippen molar-refractivity contribution in [3.8, 4) is 0 Å². The summed E-state index contributed by atoms with van der Waals surface area (Å²) >= 11 is 3.26. The maximum absolute atomic E-state index is 12.2. The van der Waals surface area contributed by atoms with E-state index in [2.05, 4.69) is 17.2 Å². The van der Waals surface area contributed by atoms with E-state index in [1.807, 2.05) is 30.8 Å². The second-order valence-electron chi connectivity index (χ2n) is 5.19. The van der Waals surface area contributed by atoms with E-state index in [4.69, 9.17) is 5.73 Å². The zero-order chi connectivity index (χ0) is 14.0. The lowest BCUT2D eigenvalue weighted by Crippen LogP contribution is -2.36. The Bertz CT molecular complexity index is 466. The van der Waals surface area contributed by atoms with Crippen LogP contribution in [0.25, 0.3) is 0 Å². The van der Waals surface area contributed by atoms with Crippen LogP contribution in [-0.4, -0.2) is 42.0 Å². The van der Waals surface area contributed by atoms with Gasteiger partial charge in [0, 0.05) is 25.4 Å². The third-order valence-corrected chi connectivity index (χ3v) is 5.93. The van der Waals surface area contributed by atoms with E-state index in [1.165, 1.54) is 23.5 Å². The van der Waals surface area contributed by atoms with Crippen LogP contribution in [0.3, 0.4) is 0 Å². The number of carbonyl (C=O) groups excluding carboxylic acids is 1. The minimum atomic E-state index is -0.114. The Labute approximate surface area is 122 Å². The Morgan fingerprint density at radius 3 is 2.84 bits per heavy atom. The quantitative estimate of drug-likeness (QED) is 0.887. The first-order valence-corrected chi connectivity index (χ1v) is 8.07. The molecule has 1 unspecified atom stereocenters. The second kappa shape index (κ2) is 5.58.